The molecule has 0 aliphatic rings. The van der Waals surface area contributed by atoms with Crippen LogP contribution in [-0.4, -0.2) is 57.0 Å². The van der Waals surface area contributed by atoms with E-state index in [-0.39, 0.29) is 5.92 Å². The van der Waals surface area contributed by atoms with Crippen LogP contribution in [0.5, 0.6) is 0 Å². The van der Waals surface area contributed by atoms with E-state index in [1.807, 2.05) is 0 Å². The SMILES string of the molecule is CC(N)C(=O)N(C(=O)C(N)C(C)C)C(CC(=O)O)C(=O)O. The average molecular weight is 303 g/mol. The molecule has 6 N–H and O–H groups in total. The van der Waals surface area contributed by atoms with Crippen molar-refractivity contribution in [2.45, 2.75) is 45.3 Å². The van der Waals surface area contributed by atoms with Crippen LogP contribution < -0.4 is 11.5 Å². The van der Waals surface area contributed by atoms with Crippen LogP contribution in [0.4, 0.5) is 0 Å². The summed E-state index contributed by atoms with van der Waals surface area (Å²) in [5, 5.41) is 17.9. The summed E-state index contributed by atoms with van der Waals surface area (Å²) in [6, 6.07) is -4.15. The summed E-state index contributed by atoms with van der Waals surface area (Å²) in [5.41, 5.74) is 11.0. The molecule has 0 aliphatic heterocycles. The maximum absolute atomic E-state index is 12.2. The monoisotopic (exact) mass is 303 g/mol. The molecule has 9 nitrogen and oxygen atoms in total. The molecule has 0 aromatic rings. The molecule has 3 atom stereocenters. The maximum atomic E-state index is 12.2. The summed E-state index contributed by atoms with van der Waals surface area (Å²) in [5.74, 6) is -5.38. The Morgan fingerprint density at radius 1 is 1.00 bits per heavy atom. The van der Waals surface area contributed by atoms with Gasteiger partial charge in [-0.1, -0.05) is 13.8 Å². The normalized spacial score (nSPS) is 15.1. The molecule has 0 radical (unpaired) electrons. The smallest absolute Gasteiger partial charge is 0.327 e. The van der Waals surface area contributed by atoms with Gasteiger partial charge in [0.2, 0.25) is 11.8 Å². The van der Waals surface area contributed by atoms with Crippen molar-refractivity contribution in [2.75, 3.05) is 0 Å². The quantitative estimate of drug-likeness (QED) is 0.446. The highest BCUT2D eigenvalue weighted by atomic mass is 16.4. The molecule has 0 saturated carbocycles. The fraction of sp³-hybridized carbons (Fsp3) is 0.667. The number of amides is 2. The Bertz CT molecular complexity index is 435. The van der Waals surface area contributed by atoms with Crippen LogP contribution in [0.15, 0.2) is 0 Å². The third-order valence-corrected chi connectivity index (χ3v) is 2.83. The van der Waals surface area contributed by atoms with Crippen LogP contribution in [0.3, 0.4) is 0 Å². The molecule has 0 spiro atoms. The van der Waals surface area contributed by atoms with Gasteiger partial charge in [-0.25, -0.2) is 4.79 Å². The van der Waals surface area contributed by atoms with E-state index >= 15 is 0 Å². The van der Waals surface area contributed by atoms with Crippen molar-refractivity contribution >= 4 is 23.8 Å². The highest BCUT2D eigenvalue weighted by molar-refractivity contribution is 6.03. The molecule has 2 amide bonds. The standard InChI is InChI=1S/C12H21N3O6/c1-5(2)9(14)11(19)15(10(18)6(3)13)7(12(20)21)4-8(16)17/h5-7,9H,4,13-14H2,1-3H3,(H,16,17)(H,20,21). The van der Waals surface area contributed by atoms with Gasteiger partial charge < -0.3 is 21.7 Å². The van der Waals surface area contributed by atoms with Crippen molar-refractivity contribution in [3.8, 4) is 0 Å². The molecule has 3 unspecified atom stereocenters. The third-order valence-electron chi connectivity index (χ3n) is 2.83. The van der Waals surface area contributed by atoms with Crippen molar-refractivity contribution in [3.05, 3.63) is 0 Å². The number of hydrogen-bond acceptors (Lipinski definition) is 6. The van der Waals surface area contributed by atoms with Gasteiger partial charge >= 0.3 is 11.9 Å². The topological polar surface area (TPSA) is 164 Å². The number of carbonyl (C=O) groups is 4. The number of carboxylic acid groups (broad SMARTS) is 2. The van der Waals surface area contributed by atoms with Gasteiger partial charge in [0.15, 0.2) is 0 Å². The lowest BCUT2D eigenvalue weighted by Crippen LogP contribution is -2.59. The molecule has 9 heteroatoms. The molecule has 0 aliphatic carbocycles. The predicted octanol–water partition coefficient (Wildman–Crippen LogP) is -1.40. The van der Waals surface area contributed by atoms with E-state index in [9.17, 15) is 19.2 Å². The average Bonchev–Trinajstić information content (AvgIpc) is 2.35. The van der Waals surface area contributed by atoms with Crippen molar-refractivity contribution in [1.82, 2.24) is 4.90 Å². The van der Waals surface area contributed by atoms with E-state index in [0.717, 1.165) is 0 Å². The minimum absolute atomic E-state index is 0.353. The fourth-order valence-corrected chi connectivity index (χ4v) is 1.54. The Labute approximate surface area is 121 Å². The summed E-state index contributed by atoms with van der Waals surface area (Å²) in [7, 11) is 0. The second-order valence-electron chi connectivity index (χ2n) is 5.06. The number of nitrogens with zero attached hydrogens (tertiary/aromatic N) is 1. The largest absolute Gasteiger partial charge is 0.481 e. The van der Waals surface area contributed by atoms with Crippen LogP contribution in [0.2, 0.25) is 0 Å². The van der Waals surface area contributed by atoms with Crippen LogP contribution in [-0.2, 0) is 19.2 Å². The Kier molecular flexibility index (Phi) is 6.96. The number of carbonyl (C=O) groups excluding carboxylic acids is 2. The zero-order chi connectivity index (χ0) is 16.9. The molecule has 120 valence electrons. The number of rotatable bonds is 7. The first-order chi connectivity index (χ1) is 9.50. The van der Waals surface area contributed by atoms with Crippen LogP contribution in [0.1, 0.15) is 27.2 Å². The van der Waals surface area contributed by atoms with Crippen LogP contribution in [0, 0.1) is 5.92 Å². The van der Waals surface area contributed by atoms with E-state index in [0.29, 0.717) is 4.90 Å². The second-order valence-corrected chi connectivity index (χ2v) is 5.06. The summed E-state index contributed by atoms with van der Waals surface area (Å²) in [4.78, 5) is 46.6. The molecule has 0 heterocycles. The second kappa shape index (κ2) is 7.70. The maximum Gasteiger partial charge on any atom is 0.327 e. The van der Waals surface area contributed by atoms with Crippen molar-refractivity contribution < 1.29 is 29.4 Å². The number of nitrogens with two attached hydrogens (primary N) is 2. The first kappa shape index (κ1) is 19.0. The fourth-order valence-electron chi connectivity index (χ4n) is 1.54. The molecule has 0 aromatic heterocycles. The van der Waals surface area contributed by atoms with Gasteiger partial charge in [0.25, 0.3) is 0 Å². The highest BCUT2D eigenvalue weighted by Crippen LogP contribution is 2.13. The van der Waals surface area contributed by atoms with Gasteiger partial charge in [0.05, 0.1) is 18.5 Å². The minimum Gasteiger partial charge on any atom is -0.481 e. The zero-order valence-corrected chi connectivity index (χ0v) is 12.1. The number of hydrogen-bond donors (Lipinski definition) is 4. The number of aliphatic carboxylic acids is 2. The first-order valence-electron chi connectivity index (χ1n) is 6.33. The Hall–Kier alpha value is -2.00. The molecule has 0 rings (SSSR count). The van der Waals surface area contributed by atoms with Gasteiger partial charge in [-0.3, -0.25) is 19.3 Å². The van der Waals surface area contributed by atoms with Crippen molar-refractivity contribution in [3.63, 3.8) is 0 Å². The summed E-state index contributed by atoms with van der Waals surface area (Å²) >= 11 is 0. The molecular formula is C12H21N3O6. The van der Waals surface area contributed by atoms with Crippen LogP contribution >= 0.6 is 0 Å². The summed E-state index contributed by atoms with van der Waals surface area (Å²) < 4.78 is 0. The van der Waals surface area contributed by atoms with Gasteiger partial charge in [0.1, 0.15) is 6.04 Å². The van der Waals surface area contributed by atoms with Crippen LogP contribution in [0.25, 0.3) is 0 Å². The Morgan fingerprint density at radius 2 is 1.48 bits per heavy atom. The highest BCUT2D eigenvalue weighted by Gasteiger charge is 2.40. The zero-order valence-electron chi connectivity index (χ0n) is 12.1. The molecule has 0 saturated heterocycles. The minimum atomic E-state index is -1.85. The summed E-state index contributed by atoms with van der Waals surface area (Å²) in [6.45, 7) is 4.50. The van der Waals surface area contributed by atoms with Gasteiger partial charge in [-0.05, 0) is 12.8 Å². The predicted molar refractivity (Wildman–Crippen MR) is 72.0 cm³/mol. The number of imide groups is 1. The first-order valence-corrected chi connectivity index (χ1v) is 6.33. The molecule has 21 heavy (non-hydrogen) atoms. The van der Waals surface area contributed by atoms with Gasteiger partial charge in [-0.2, -0.15) is 0 Å². The molecular weight excluding hydrogens is 282 g/mol. The lowest BCUT2D eigenvalue weighted by Gasteiger charge is -2.30. The van der Waals surface area contributed by atoms with E-state index in [1.165, 1.54) is 6.92 Å². The number of carboxylic acids is 2. The van der Waals surface area contributed by atoms with Gasteiger partial charge in [0, 0.05) is 0 Å². The van der Waals surface area contributed by atoms with E-state index in [4.69, 9.17) is 21.7 Å². The lowest BCUT2D eigenvalue weighted by molar-refractivity contribution is -0.161. The van der Waals surface area contributed by atoms with Gasteiger partial charge in [-0.15, -0.1) is 0 Å². The van der Waals surface area contributed by atoms with Crippen molar-refractivity contribution in [1.29, 1.82) is 0 Å². The Balaban J connectivity index is 5.68. The molecule has 0 aromatic carbocycles. The lowest BCUT2D eigenvalue weighted by atomic mass is 10.0. The Morgan fingerprint density at radius 3 is 1.76 bits per heavy atom. The summed E-state index contributed by atoms with van der Waals surface area (Å²) in [6.07, 6.45) is -0.926. The third kappa shape index (κ3) is 5.12. The van der Waals surface area contributed by atoms with E-state index in [2.05, 4.69) is 0 Å². The van der Waals surface area contributed by atoms with Crippen molar-refractivity contribution in [2.24, 2.45) is 17.4 Å². The molecule has 0 fully saturated rings. The van der Waals surface area contributed by atoms with E-state index in [1.54, 1.807) is 13.8 Å². The molecule has 0 bridgehead atoms. The van der Waals surface area contributed by atoms with E-state index < -0.39 is 48.3 Å².